The molecule has 26 heavy (non-hydrogen) atoms. The maximum absolute atomic E-state index is 13.1. The molecule has 1 aliphatic rings. The highest BCUT2D eigenvalue weighted by atomic mass is 127. The number of hydrogen-bond donors (Lipinski definition) is 1. The summed E-state index contributed by atoms with van der Waals surface area (Å²) in [6.07, 6.45) is 4.52. The molecule has 2 unspecified atom stereocenters. The fraction of sp³-hybridized carbons (Fsp3) is 0.316. The van der Waals surface area contributed by atoms with Gasteiger partial charge in [-0.05, 0) is 66.1 Å². The van der Waals surface area contributed by atoms with Crippen LogP contribution in [-0.4, -0.2) is 33.4 Å². The zero-order valence-corrected chi connectivity index (χ0v) is 16.3. The summed E-state index contributed by atoms with van der Waals surface area (Å²) in [6.45, 7) is 0.695. The van der Waals surface area contributed by atoms with Crippen LogP contribution in [-0.2, 0) is 0 Å². The minimum absolute atomic E-state index is 0.0180. The van der Waals surface area contributed by atoms with Gasteiger partial charge in [0.15, 0.2) is 11.2 Å². The quantitative estimate of drug-likeness (QED) is 0.603. The van der Waals surface area contributed by atoms with Crippen molar-refractivity contribution in [3.8, 4) is 0 Å². The number of rotatable bonds is 3. The monoisotopic (exact) mass is 462 g/mol. The third kappa shape index (κ3) is 3.21. The lowest BCUT2D eigenvalue weighted by Gasteiger charge is -2.38. The molecule has 3 heterocycles. The van der Waals surface area contributed by atoms with Gasteiger partial charge in [-0.1, -0.05) is 12.1 Å². The number of aromatic nitrogens is 2. The van der Waals surface area contributed by atoms with Crippen molar-refractivity contribution >= 4 is 39.7 Å². The van der Waals surface area contributed by atoms with Gasteiger partial charge in [0, 0.05) is 16.3 Å². The fourth-order valence-corrected chi connectivity index (χ4v) is 4.08. The molecule has 1 saturated heterocycles. The molecule has 2 N–H and O–H groups in total. The Morgan fingerprint density at radius 1 is 1.27 bits per heavy atom. The van der Waals surface area contributed by atoms with Gasteiger partial charge in [-0.15, -0.1) is 0 Å². The molecule has 0 aliphatic carbocycles. The fourth-order valence-electron chi connectivity index (χ4n) is 3.47. The summed E-state index contributed by atoms with van der Waals surface area (Å²) in [7, 11) is 0. The third-order valence-corrected chi connectivity index (χ3v) is 5.74. The van der Waals surface area contributed by atoms with Gasteiger partial charge in [0.1, 0.15) is 6.04 Å². The summed E-state index contributed by atoms with van der Waals surface area (Å²) in [4.78, 5) is 23.7. The summed E-state index contributed by atoms with van der Waals surface area (Å²) in [5.41, 5.74) is 8.37. The number of halogens is 1. The van der Waals surface area contributed by atoms with Crippen molar-refractivity contribution < 1.29 is 9.21 Å². The Kier molecular flexibility index (Phi) is 4.90. The summed E-state index contributed by atoms with van der Waals surface area (Å²) in [6, 6.07) is 10.6. The van der Waals surface area contributed by atoms with E-state index >= 15 is 0 Å². The van der Waals surface area contributed by atoms with Gasteiger partial charge < -0.3 is 15.1 Å². The smallest absolute Gasteiger partial charge is 0.255 e. The molecular weight excluding hydrogens is 443 g/mol. The molecule has 7 heteroatoms. The van der Waals surface area contributed by atoms with Crippen molar-refractivity contribution in [2.24, 2.45) is 5.73 Å². The van der Waals surface area contributed by atoms with Crippen LogP contribution in [0.4, 0.5) is 0 Å². The SMILES string of the molecule is NC(c1nc2ncccc2o1)C1CCCCN1C(=O)c1ccccc1I. The van der Waals surface area contributed by atoms with Gasteiger partial charge in [0.2, 0.25) is 5.89 Å². The molecule has 0 spiro atoms. The molecule has 2 atom stereocenters. The normalized spacial score (nSPS) is 18.8. The second-order valence-electron chi connectivity index (χ2n) is 6.44. The van der Waals surface area contributed by atoms with Crippen LogP contribution < -0.4 is 5.73 Å². The molecule has 134 valence electrons. The maximum Gasteiger partial charge on any atom is 0.255 e. The molecule has 0 bridgehead atoms. The van der Waals surface area contributed by atoms with Gasteiger partial charge in [-0.25, -0.2) is 4.98 Å². The molecule has 0 saturated carbocycles. The first kappa shape index (κ1) is 17.4. The molecule has 0 radical (unpaired) electrons. The molecule has 1 aliphatic heterocycles. The van der Waals surface area contributed by atoms with E-state index in [1.54, 1.807) is 12.3 Å². The average Bonchev–Trinajstić information content (AvgIpc) is 3.11. The number of fused-ring (bicyclic) bond motifs is 1. The lowest BCUT2D eigenvalue weighted by molar-refractivity contribution is 0.0560. The Morgan fingerprint density at radius 3 is 2.92 bits per heavy atom. The number of piperidine rings is 1. The van der Waals surface area contributed by atoms with Crippen LogP contribution >= 0.6 is 22.6 Å². The zero-order chi connectivity index (χ0) is 18.1. The van der Waals surface area contributed by atoms with Crippen LogP contribution in [0, 0.1) is 3.57 Å². The van der Waals surface area contributed by atoms with E-state index in [4.69, 9.17) is 10.2 Å². The van der Waals surface area contributed by atoms with Gasteiger partial charge in [-0.3, -0.25) is 4.79 Å². The molecule has 2 aromatic heterocycles. The van der Waals surface area contributed by atoms with E-state index in [1.165, 1.54) is 0 Å². The van der Waals surface area contributed by atoms with Crippen molar-refractivity contribution in [2.75, 3.05) is 6.54 Å². The minimum atomic E-state index is -0.477. The minimum Gasteiger partial charge on any atom is -0.437 e. The van der Waals surface area contributed by atoms with E-state index in [0.29, 0.717) is 29.2 Å². The molecule has 6 nitrogen and oxygen atoms in total. The van der Waals surface area contributed by atoms with Gasteiger partial charge in [-0.2, -0.15) is 4.98 Å². The molecule has 1 fully saturated rings. The number of carbonyl (C=O) groups is 1. The molecule has 4 rings (SSSR count). The first-order valence-electron chi connectivity index (χ1n) is 8.67. The first-order chi connectivity index (χ1) is 12.6. The van der Waals surface area contributed by atoms with E-state index in [-0.39, 0.29) is 11.9 Å². The van der Waals surface area contributed by atoms with Crippen molar-refractivity contribution in [3.63, 3.8) is 0 Å². The number of oxazole rings is 1. The highest BCUT2D eigenvalue weighted by molar-refractivity contribution is 14.1. The highest BCUT2D eigenvalue weighted by Crippen LogP contribution is 2.30. The van der Waals surface area contributed by atoms with E-state index in [1.807, 2.05) is 35.2 Å². The van der Waals surface area contributed by atoms with Crippen molar-refractivity contribution in [1.29, 1.82) is 0 Å². The topological polar surface area (TPSA) is 85.2 Å². The Labute approximate surface area is 164 Å². The number of nitrogens with zero attached hydrogens (tertiary/aromatic N) is 3. The number of pyridine rings is 1. The average molecular weight is 462 g/mol. The number of amides is 1. The van der Waals surface area contributed by atoms with Crippen LogP contribution in [0.25, 0.3) is 11.2 Å². The molecular formula is C19H19IN4O2. The van der Waals surface area contributed by atoms with Crippen LogP contribution in [0.3, 0.4) is 0 Å². The predicted octanol–water partition coefficient (Wildman–Crippen LogP) is 3.52. The second-order valence-corrected chi connectivity index (χ2v) is 7.61. The van der Waals surface area contributed by atoms with Crippen LogP contribution in [0.1, 0.15) is 41.6 Å². The van der Waals surface area contributed by atoms with Crippen molar-refractivity contribution in [1.82, 2.24) is 14.9 Å². The number of likely N-dealkylation sites (tertiary alicyclic amines) is 1. The van der Waals surface area contributed by atoms with E-state index in [0.717, 1.165) is 22.8 Å². The summed E-state index contributed by atoms with van der Waals surface area (Å²) in [5.74, 6) is 0.454. The lowest BCUT2D eigenvalue weighted by Crippen LogP contribution is -2.49. The van der Waals surface area contributed by atoms with Crippen LogP contribution in [0.15, 0.2) is 47.0 Å². The van der Waals surface area contributed by atoms with Crippen molar-refractivity contribution in [2.45, 2.75) is 31.3 Å². The van der Waals surface area contributed by atoms with Gasteiger partial charge in [0.05, 0.1) is 11.6 Å². The van der Waals surface area contributed by atoms with E-state index in [9.17, 15) is 4.79 Å². The predicted molar refractivity (Wildman–Crippen MR) is 107 cm³/mol. The van der Waals surface area contributed by atoms with Gasteiger partial charge in [0.25, 0.3) is 5.91 Å². The van der Waals surface area contributed by atoms with E-state index < -0.39 is 6.04 Å². The highest BCUT2D eigenvalue weighted by Gasteiger charge is 2.35. The van der Waals surface area contributed by atoms with Crippen molar-refractivity contribution in [3.05, 3.63) is 57.6 Å². The lowest BCUT2D eigenvalue weighted by atomic mass is 9.95. The summed E-state index contributed by atoms with van der Waals surface area (Å²) in [5, 5.41) is 0. The Morgan fingerprint density at radius 2 is 2.12 bits per heavy atom. The molecule has 3 aromatic rings. The summed E-state index contributed by atoms with van der Waals surface area (Å²) >= 11 is 2.20. The maximum atomic E-state index is 13.1. The van der Waals surface area contributed by atoms with E-state index in [2.05, 4.69) is 32.6 Å². The number of benzene rings is 1. The third-order valence-electron chi connectivity index (χ3n) is 4.80. The Hall–Kier alpha value is -2.00. The Bertz CT molecular complexity index is 909. The Balaban J connectivity index is 1.64. The first-order valence-corrected chi connectivity index (χ1v) is 9.75. The zero-order valence-electron chi connectivity index (χ0n) is 14.1. The molecule has 1 aromatic carbocycles. The van der Waals surface area contributed by atoms with Gasteiger partial charge >= 0.3 is 0 Å². The standard InChI is InChI=1S/C19H19IN4O2/c20-13-7-2-1-6-12(13)19(25)24-11-4-3-8-14(24)16(21)18-23-17-15(26-18)9-5-10-22-17/h1-2,5-7,9-10,14,16H,3-4,8,11,21H2. The van der Waals surface area contributed by atoms with Crippen LogP contribution in [0.5, 0.6) is 0 Å². The largest absolute Gasteiger partial charge is 0.437 e. The number of carbonyl (C=O) groups excluding carboxylic acids is 1. The number of hydrogen-bond acceptors (Lipinski definition) is 5. The summed E-state index contributed by atoms with van der Waals surface area (Å²) < 4.78 is 6.75. The number of nitrogens with two attached hydrogens (primary N) is 1. The van der Waals surface area contributed by atoms with Crippen LogP contribution in [0.2, 0.25) is 0 Å². The second kappa shape index (κ2) is 7.32. The molecule has 1 amide bonds.